The Morgan fingerprint density at radius 1 is 0.760 bits per heavy atom. The number of fused-ring (bicyclic) bond motifs is 5. The first-order valence-corrected chi connectivity index (χ1v) is 8.72. The highest BCUT2D eigenvalue weighted by Crippen LogP contribution is 2.37. The summed E-state index contributed by atoms with van der Waals surface area (Å²) in [7, 11) is 0. The zero-order chi connectivity index (χ0) is 16.6. The lowest BCUT2D eigenvalue weighted by atomic mass is 9.95. The molecule has 0 saturated heterocycles. The molecule has 122 valence electrons. The highest BCUT2D eigenvalue weighted by Gasteiger charge is 2.21. The van der Waals surface area contributed by atoms with E-state index in [2.05, 4.69) is 77.7 Å². The average molecular weight is 325 g/mol. The molecule has 5 rings (SSSR count). The Balaban J connectivity index is 1.66. The summed E-state index contributed by atoms with van der Waals surface area (Å²) in [4.78, 5) is 2.52. The van der Waals surface area contributed by atoms with Crippen molar-refractivity contribution in [2.45, 2.75) is 19.6 Å². The van der Waals surface area contributed by atoms with Gasteiger partial charge in [-0.3, -0.25) is 4.90 Å². The van der Waals surface area contributed by atoms with Crippen LogP contribution in [-0.2, 0) is 19.6 Å². The molecule has 0 amide bonds. The molecule has 0 aliphatic carbocycles. The maximum Gasteiger partial charge on any atom is 0.134 e. The van der Waals surface area contributed by atoms with Gasteiger partial charge in [0.2, 0.25) is 0 Å². The third-order valence-electron chi connectivity index (χ3n) is 5.08. The number of rotatable bonds is 2. The summed E-state index contributed by atoms with van der Waals surface area (Å²) in [6.45, 7) is 2.83. The van der Waals surface area contributed by atoms with Crippen LogP contribution in [0, 0.1) is 0 Å². The van der Waals surface area contributed by atoms with Crippen LogP contribution in [0.15, 0.2) is 83.5 Å². The van der Waals surface area contributed by atoms with Crippen LogP contribution >= 0.6 is 0 Å². The number of benzene rings is 3. The lowest BCUT2D eigenvalue weighted by Gasteiger charge is -2.21. The van der Waals surface area contributed by atoms with E-state index in [0.29, 0.717) is 0 Å². The van der Waals surface area contributed by atoms with Gasteiger partial charge in [0.1, 0.15) is 5.58 Å². The van der Waals surface area contributed by atoms with Crippen molar-refractivity contribution in [1.29, 1.82) is 0 Å². The molecule has 0 bridgehead atoms. The van der Waals surface area contributed by atoms with Crippen molar-refractivity contribution in [2.24, 2.45) is 0 Å². The fraction of sp³-hybridized carbons (Fsp3) is 0.130. The minimum atomic E-state index is 0.926. The highest BCUT2D eigenvalue weighted by atomic mass is 16.3. The molecule has 1 aromatic heterocycles. The van der Waals surface area contributed by atoms with Crippen molar-refractivity contribution in [3.8, 4) is 11.1 Å². The average Bonchev–Trinajstić information content (AvgIpc) is 3.07. The third-order valence-corrected chi connectivity index (χ3v) is 5.08. The van der Waals surface area contributed by atoms with E-state index in [4.69, 9.17) is 4.42 Å². The van der Waals surface area contributed by atoms with E-state index in [1.807, 2.05) is 0 Å². The van der Waals surface area contributed by atoms with Crippen LogP contribution in [0.2, 0.25) is 0 Å². The molecule has 2 nitrogen and oxygen atoms in total. The van der Waals surface area contributed by atoms with Crippen LogP contribution in [0.1, 0.15) is 16.7 Å². The molecule has 1 aliphatic rings. The number of furan rings is 1. The summed E-state index contributed by atoms with van der Waals surface area (Å²) in [6, 6.07) is 25.9. The van der Waals surface area contributed by atoms with E-state index < -0.39 is 0 Å². The van der Waals surface area contributed by atoms with E-state index in [0.717, 1.165) is 25.2 Å². The molecule has 0 fully saturated rings. The SMILES string of the molecule is c1ccc(CN2Cc3ccccc3-c3ccc4occc4c3C2)cc1. The second-order valence-electron chi connectivity index (χ2n) is 6.71. The van der Waals surface area contributed by atoms with Gasteiger partial charge in [0.15, 0.2) is 0 Å². The van der Waals surface area contributed by atoms with Crippen molar-refractivity contribution in [1.82, 2.24) is 4.90 Å². The molecular formula is C23H19NO. The summed E-state index contributed by atoms with van der Waals surface area (Å²) in [6.07, 6.45) is 1.79. The van der Waals surface area contributed by atoms with Gasteiger partial charge in [0.05, 0.1) is 6.26 Å². The summed E-state index contributed by atoms with van der Waals surface area (Å²) in [5.74, 6) is 0. The van der Waals surface area contributed by atoms with Crippen molar-refractivity contribution >= 4 is 11.0 Å². The molecule has 25 heavy (non-hydrogen) atoms. The van der Waals surface area contributed by atoms with E-state index in [1.165, 1.54) is 33.2 Å². The van der Waals surface area contributed by atoms with Crippen LogP contribution in [0.4, 0.5) is 0 Å². The third kappa shape index (κ3) is 2.55. The van der Waals surface area contributed by atoms with Crippen molar-refractivity contribution < 1.29 is 4.42 Å². The molecule has 4 aromatic rings. The maximum absolute atomic E-state index is 5.65. The minimum absolute atomic E-state index is 0.926. The van der Waals surface area contributed by atoms with Gasteiger partial charge in [-0.05, 0) is 39.9 Å². The number of hydrogen-bond acceptors (Lipinski definition) is 2. The highest BCUT2D eigenvalue weighted by molar-refractivity contribution is 5.89. The van der Waals surface area contributed by atoms with Gasteiger partial charge in [0.25, 0.3) is 0 Å². The Labute approximate surface area is 147 Å². The predicted molar refractivity (Wildman–Crippen MR) is 101 cm³/mol. The quantitative estimate of drug-likeness (QED) is 0.476. The second kappa shape index (κ2) is 5.91. The molecule has 2 heteroatoms. The molecule has 0 atom stereocenters. The van der Waals surface area contributed by atoms with Crippen molar-refractivity contribution in [3.63, 3.8) is 0 Å². The Hall–Kier alpha value is -2.84. The first-order valence-electron chi connectivity index (χ1n) is 8.72. The molecule has 2 heterocycles. The smallest absolute Gasteiger partial charge is 0.134 e. The van der Waals surface area contributed by atoms with E-state index in [-0.39, 0.29) is 0 Å². The van der Waals surface area contributed by atoms with Crippen molar-refractivity contribution in [3.05, 3.63) is 95.7 Å². The van der Waals surface area contributed by atoms with Gasteiger partial charge < -0.3 is 4.42 Å². The Bertz CT molecular complexity index is 1030. The van der Waals surface area contributed by atoms with Gasteiger partial charge in [-0.25, -0.2) is 0 Å². The summed E-state index contributed by atoms with van der Waals surface area (Å²) >= 11 is 0. The summed E-state index contributed by atoms with van der Waals surface area (Å²) < 4.78 is 5.65. The van der Waals surface area contributed by atoms with E-state index >= 15 is 0 Å². The molecule has 0 spiro atoms. The summed E-state index contributed by atoms with van der Waals surface area (Å²) in [5, 5.41) is 1.23. The fourth-order valence-corrected chi connectivity index (χ4v) is 3.92. The molecule has 0 N–H and O–H groups in total. The van der Waals surface area contributed by atoms with Crippen LogP contribution in [-0.4, -0.2) is 4.90 Å². The van der Waals surface area contributed by atoms with E-state index in [9.17, 15) is 0 Å². The lowest BCUT2D eigenvalue weighted by Crippen LogP contribution is -2.21. The monoisotopic (exact) mass is 325 g/mol. The Kier molecular flexibility index (Phi) is 3.43. The van der Waals surface area contributed by atoms with Crippen LogP contribution in [0.25, 0.3) is 22.1 Å². The van der Waals surface area contributed by atoms with Gasteiger partial charge in [0, 0.05) is 25.0 Å². The van der Waals surface area contributed by atoms with Gasteiger partial charge in [-0.15, -0.1) is 0 Å². The molecule has 0 unspecified atom stereocenters. The minimum Gasteiger partial charge on any atom is -0.464 e. The Morgan fingerprint density at radius 2 is 1.60 bits per heavy atom. The zero-order valence-corrected chi connectivity index (χ0v) is 14.0. The van der Waals surface area contributed by atoms with Gasteiger partial charge in [-0.1, -0.05) is 60.7 Å². The normalized spacial score (nSPS) is 14.1. The molecule has 0 radical (unpaired) electrons. The maximum atomic E-state index is 5.65. The molecule has 1 aliphatic heterocycles. The second-order valence-corrected chi connectivity index (χ2v) is 6.71. The first kappa shape index (κ1) is 14.5. The number of hydrogen-bond donors (Lipinski definition) is 0. The lowest BCUT2D eigenvalue weighted by molar-refractivity contribution is 0.251. The van der Waals surface area contributed by atoms with Crippen molar-refractivity contribution in [2.75, 3.05) is 0 Å². The van der Waals surface area contributed by atoms with Crippen LogP contribution in [0.5, 0.6) is 0 Å². The van der Waals surface area contributed by atoms with Crippen LogP contribution < -0.4 is 0 Å². The Morgan fingerprint density at radius 3 is 2.52 bits per heavy atom. The fourth-order valence-electron chi connectivity index (χ4n) is 3.92. The van der Waals surface area contributed by atoms with E-state index in [1.54, 1.807) is 6.26 Å². The topological polar surface area (TPSA) is 16.4 Å². The number of nitrogens with zero attached hydrogens (tertiary/aromatic N) is 1. The standard InChI is InChI=1S/C23H19NO/c1-2-6-17(7-3-1)14-24-15-18-8-4-5-9-19(18)20-10-11-23-21(12-13-25-23)22(20)16-24/h1-13H,14-16H2. The zero-order valence-electron chi connectivity index (χ0n) is 14.0. The van der Waals surface area contributed by atoms with Crippen LogP contribution in [0.3, 0.4) is 0 Å². The molecule has 3 aromatic carbocycles. The summed E-state index contributed by atoms with van der Waals surface area (Å²) in [5.41, 5.74) is 7.75. The molecule has 0 saturated carbocycles. The van der Waals surface area contributed by atoms with Gasteiger partial charge in [-0.2, -0.15) is 0 Å². The molecular weight excluding hydrogens is 306 g/mol. The largest absolute Gasteiger partial charge is 0.464 e. The predicted octanol–water partition coefficient (Wildman–Crippen LogP) is 5.62. The first-order chi connectivity index (χ1) is 12.4. The van der Waals surface area contributed by atoms with Gasteiger partial charge >= 0.3 is 0 Å².